The van der Waals surface area contributed by atoms with E-state index in [1.54, 1.807) is 0 Å². The Kier molecular flexibility index (Phi) is 4.17. The summed E-state index contributed by atoms with van der Waals surface area (Å²) in [5.41, 5.74) is 4.42. The normalized spacial score (nSPS) is 12.8. The highest BCUT2D eigenvalue weighted by Crippen LogP contribution is 2.38. The Morgan fingerprint density at radius 2 is 1.72 bits per heavy atom. The van der Waals surface area contributed by atoms with Crippen LogP contribution in [0.5, 0.6) is 0 Å². The van der Waals surface area contributed by atoms with Gasteiger partial charge in [-0.2, -0.15) is 0 Å². The molecule has 1 aromatic carbocycles. The zero-order chi connectivity index (χ0) is 13.4. The third-order valence-electron chi connectivity index (χ3n) is 2.95. The minimum Gasteiger partial charge on any atom is -0.383 e. The van der Waals surface area contributed by atoms with Gasteiger partial charge in [0, 0.05) is 9.35 Å². The molecule has 1 unspecified atom stereocenters. The zero-order valence-corrected chi connectivity index (χ0v) is 13.6. The van der Waals surface area contributed by atoms with Crippen molar-refractivity contribution in [2.24, 2.45) is 0 Å². The molecule has 0 saturated carbocycles. The smallest absolute Gasteiger partial charge is 0.114 e. The van der Waals surface area contributed by atoms with Crippen molar-refractivity contribution >= 4 is 38.9 Å². The number of aliphatic hydroxyl groups is 1. The fourth-order valence-corrected chi connectivity index (χ4v) is 4.00. The number of rotatable bonds is 2. The number of hydrogen-bond acceptors (Lipinski definition) is 2. The molecule has 1 heterocycles. The van der Waals surface area contributed by atoms with Gasteiger partial charge in [0.2, 0.25) is 0 Å². The molecule has 2 aromatic rings. The molecule has 1 atom stereocenters. The van der Waals surface area contributed by atoms with Crippen LogP contribution in [0.2, 0.25) is 4.34 Å². The van der Waals surface area contributed by atoms with Gasteiger partial charge in [-0.3, -0.25) is 0 Å². The first kappa shape index (κ1) is 14.1. The largest absolute Gasteiger partial charge is 0.383 e. The first-order valence-corrected chi connectivity index (χ1v) is 7.59. The van der Waals surface area contributed by atoms with Crippen molar-refractivity contribution in [3.8, 4) is 0 Å². The highest BCUT2D eigenvalue weighted by Gasteiger charge is 2.19. The van der Waals surface area contributed by atoms with Gasteiger partial charge in [0.1, 0.15) is 10.4 Å². The number of aryl methyl sites for hydroxylation is 3. The summed E-state index contributed by atoms with van der Waals surface area (Å²) in [7, 11) is 0. The van der Waals surface area contributed by atoms with E-state index < -0.39 is 6.10 Å². The lowest BCUT2D eigenvalue weighted by Gasteiger charge is -2.16. The van der Waals surface area contributed by atoms with Crippen LogP contribution < -0.4 is 0 Å². The second-order valence-electron chi connectivity index (χ2n) is 4.49. The van der Waals surface area contributed by atoms with Crippen molar-refractivity contribution in [2.75, 3.05) is 0 Å². The van der Waals surface area contributed by atoms with Crippen LogP contribution >= 0.6 is 38.9 Å². The highest BCUT2D eigenvalue weighted by molar-refractivity contribution is 9.10. The van der Waals surface area contributed by atoms with Gasteiger partial charge >= 0.3 is 0 Å². The van der Waals surface area contributed by atoms with Gasteiger partial charge in [-0.1, -0.05) is 29.3 Å². The molecule has 0 radical (unpaired) electrons. The maximum absolute atomic E-state index is 10.5. The van der Waals surface area contributed by atoms with E-state index in [1.807, 2.05) is 19.9 Å². The molecule has 0 amide bonds. The number of halogens is 2. The summed E-state index contributed by atoms with van der Waals surface area (Å²) in [6, 6.07) is 6.07. The average molecular weight is 346 g/mol. The molecule has 1 N–H and O–H groups in total. The summed E-state index contributed by atoms with van der Waals surface area (Å²) >= 11 is 10.8. The first-order valence-electron chi connectivity index (χ1n) is 5.60. The molecule has 0 aliphatic carbocycles. The molecule has 1 nitrogen and oxygen atoms in total. The summed E-state index contributed by atoms with van der Waals surface area (Å²) in [4.78, 5) is 0.863. The van der Waals surface area contributed by atoms with Crippen LogP contribution in [0.15, 0.2) is 22.7 Å². The Labute approximate surface area is 125 Å². The summed E-state index contributed by atoms with van der Waals surface area (Å²) in [6.45, 7) is 6.13. The monoisotopic (exact) mass is 344 g/mol. The predicted octanol–water partition coefficient (Wildman–Crippen LogP) is 5.17. The van der Waals surface area contributed by atoms with Gasteiger partial charge in [0.25, 0.3) is 0 Å². The van der Waals surface area contributed by atoms with Gasteiger partial charge in [-0.05, 0) is 59.5 Å². The first-order chi connectivity index (χ1) is 8.40. The summed E-state index contributed by atoms with van der Waals surface area (Å²) in [5.74, 6) is 0. The molecular formula is C14H14BrClOS. The van der Waals surface area contributed by atoms with Gasteiger partial charge in [0.15, 0.2) is 0 Å². The average Bonchev–Trinajstić information content (AvgIpc) is 2.57. The van der Waals surface area contributed by atoms with Crippen molar-refractivity contribution in [3.63, 3.8) is 0 Å². The molecule has 0 aliphatic heterocycles. The third-order valence-corrected chi connectivity index (χ3v) is 5.47. The van der Waals surface area contributed by atoms with Crippen molar-refractivity contribution in [1.82, 2.24) is 0 Å². The van der Waals surface area contributed by atoms with E-state index in [1.165, 1.54) is 16.9 Å². The predicted molar refractivity (Wildman–Crippen MR) is 81.7 cm³/mol. The maximum atomic E-state index is 10.5. The molecule has 0 saturated heterocycles. The number of thiophene rings is 1. The number of benzene rings is 1. The Bertz CT molecular complexity index is 549. The van der Waals surface area contributed by atoms with Crippen molar-refractivity contribution in [3.05, 3.63) is 54.1 Å². The van der Waals surface area contributed by atoms with E-state index in [0.717, 1.165) is 26.0 Å². The molecule has 1 aromatic heterocycles. The lowest BCUT2D eigenvalue weighted by Crippen LogP contribution is -2.03. The summed E-state index contributed by atoms with van der Waals surface area (Å²) < 4.78 is 1.51. The van der Waals surface area contributed by atoms with Crippen LogP contribution in [-0.4, -0.2) is 5.11 Å². The van der Waals surface area contributed by atoms with E-state index in [9.17, 15) is 5.11 Å². The van der Waals surface area contributed by atoms with Crippen LogP contribution in [0.1, 0.15) is 33.2 Å². The summed E-state index contributed by atoms with van der Waals surface area (Å²) in [5, 5.41) is 10.5. The van der Waals surface area contributed by atoms with E-state index in [0.29, 0.717) is 4.34 Å². The fourth-order valence-electron chi connectivity index (χ4n) is 2.26. The minimum atomic E-state index is -0.612. The quantitative estimate of drug-likeness (QED) is 0.796. The van der Waals surface area contributed by atoms with E-state index >= 15 is 0 Å². The van der Waals surface area contributed by atoms with Crippen LogP contribution in [0.25, 0.3) is 0 Å². The standard InChI is InChI=1S/C14H14BrClOS/c1-7-4-8(2)12(9(3)5-7)13(17)11-6-10(15)14(16)18-11/h4-6,13,17H,1-3H3. The molecule has 4 heteroatoms. The van der Waals surface area contributed by atoms with Crippen molar-refractivity contribution in [1.29, 1.82) is 0 Å². The molecule has 0 fully saturated rings. The fraction of sp³-hybridized carbons (Fsp3) is 0.286. The van der Waals surface area contributed by atoms with Crippen LogP contribution in [0.3, 0.4) is 0 Å². The SMILES string of the molecule is Cc1cc(C)c(C(O)c2cc(Br)c(Cl)s2)c(C)c1. The topological polar surface area (TPSA) is 20.2 Å². The van der Waals surface area contributed by atoms with Crippen LogP contribution in [-0.2, 0) is 0 Å². The van der Waals surface area contributed by atoms with Gasteiger partial charge in [-0.15, -0.1) is 11.3 Å². The maximum Gasteiger partial charge on any atom is 0.114 e. The molecule has 0 spiro atoms. The van der Waals surface area contributed by atoms with E-state index in [-0.39, 0.29) is 0 Å². The number of aliphatic hydroxyl groups excluding tert-OH is 1. The van der Waals surface area contributed by atoms with Crippen molar-refractivity contribution < 1.29 is 5.11 Å². The Morgan fingerprint density at radius 3 is 2.17 bits per heavy atom. The Morgan fingerprint density at radius 1 is 1.17 bits per heavy atom. The summed E-state index contributed by atoms with van der Waals surface area (Å²) in [6.07, 6.45) is -0.612. The van der Waals surface area contributed by atoms with Gasteiger partial charge in [0.05, 0.1) is 0 Å². The zero-order valence-electron chi connectivity index (χ0n) is 10.4. The second-order valence-corrected chi connectivity index (χ2v) is 7.03. The second kappa shape index (κ2) is 5.33. The molecule has 96 valence electrons. The van der Waals surface area contributed by atoms with E-state index in [2.05, 4.69) is 35.0 Å². The van der Waals surface area contributed by atoms with Gasteiger partial charge in [-0.25, -0.2) is 0 Å². The molecular weight excluding hydrogens is 332 g/mol. The lowest BCUT2D eigenvalue weighted by molar-refractivity contribution is 0.222. The van der Waals surface area contributed by atoms with Gasteiger partial charge < -0.3 is 5.11 Å². The van der Waals surface area contributed by atoms with Crippen molar-refractivity contribution in [2.45, 2.75) is 26.9 Å². The Balaban J connectivity index is 2.49. The van der Waals surface area contributed by atoms with E-state index in [4.69, 9.17) is 11.6 Å². The molecule has 0 bridgehead atoms. The minimum absolute atomic E-state index is 0.612. The highest BCUT2D eigenvalue weighted by atomic mass is 79.9. The molecule has 0 aliphatic rings. The van der Waals surface area contributed by atoms with Crippen LogP contribution in [0, 0.1) is 20.8 Å². The Hall–Kier alpha value is -0.350. The molecule has 2 rings (SSSR count). The lowest BCUT2D eigenvalue weighted by atomic mass is 9.95. The number of hydrogen-bond donors (Lipinski definition) is 1. The molecule has 18 heavy (non-hydrogen) atoms. The third kappa shape index (κ3) is 2.64. The van der Waals surface area contributed by atoms with Crippen LogP contribution in [0.4, 0.5) is 0 Å².